The monoisotopic (exact) mass is 251 g/mol. The number of hydrogen-bond acceptors (Lipinski definition) is 2. The van der Waals surface area contributed by atoms with Crippen molar-refractivity contribution in [3.05, 3.63) is 42.5 Å². The summed E-state index contributed by atoms with van der Waals surface area (Å²) in [6.45, 7) is 0. The molecule has 19 heavy (non-hydrogen) atoms. The zero-order chi connectivity index (χ0) is 12.8. The van der Waals surface area contributed by atoms with Crippen molar-refractivity contribution in [3.8, 4) is 0 Å². The van der Waals surface area contributed by atoms with E-state index in [2.05, 4.69) is 5.32 Å². The molecule has 3 nitrogen and oxygen atoms in total. The Labute approximate surface area is 110 Å². The third kappa shape index (κ3) is 1.78. The predicted octanol–water partition coefficient (Wildman–Crippen LogP) is 3.93. The Balaban J connectivity index is 1.80. The Bertz CT molecular complexity index is 784. The standard InChI is InChI=1S/C16H13NO2/c18-16(10-5-6-10)17-11-7-8-15-13(9-11)12-3-1-2-4-14(12)19-15/h1-4,7-10H,5-6H2,(H,17,18). The topological polar surface area (TPSA) is 42.2 Å². The summed E-state index contributed by atoms with van der Waals surface area (Å²) in [5.74, 6) is 0.351. The van der Waals surface area contributed by atoms with E-state index in [1.165, 1.54) is 0 Å². The van der Waals surface area contributed by atoms with Gasteiger partial charge in [0, 0.05) is 22.4 Å². The summed E-state index contributed by atoms with van der Waals surface area (Å²) in [4.78, 5) is 11.8. The number of nitrogens with one attached hydrogen (secondary N) is 1. The second-order valence-corrected chi connectivity index (χ2v) is 5.07. The number of benzene rings is 2. The largest absolute Gasteiger partial charge is 0.456 e. The van der Waals surface area contributed by atoms with E-state index in [0.29, 0.717) is 0 Å². The normalized spacial score (nSPS) is 14.9. The Morgan fingerprint density at radius 3 is 2.68 bits per heavy atom. The van der Waals surface area contributed by atoms with Gasteiger partial charge in [-0.05, 0) is 37.1 Å². The first kappa shape index (κ1) is 10.6. The molecular weight excluding hydrogens is 238 g/mol. The molecule has 2 aromatic carbocycles. The van der Waals surface area contributed by atoms with E-state index in [-0.39, 0.29) is 11.8 Å². The smallest absolute Gasteiger partial charge is 0.227 e. The van der Waals surface area contributed by atoms with Crippen molar-refractivity contribution in [1.29, 1.82) is 0 Å². The van der Waals surface area contributed by atoms with Gasteiger partial charge in [-0.25, -0.2) is 0 Å². The zero-order valence-corrected chi connectivity index (χ0v) is 10.3. The fourth-order valence-electron chi connectivity index (χ4n) is 2.39. The highest BCUT2D eigenvalue weighted by Gasteiger charge is 2.29. The van der Waals surface area contributed by atoms with Gasteiger partial charge in [0.2, 0.25) is 5.91 Å². The lowest BCUT2D eigenvalue weighted by Gasteiger charge is -2.03. The average Bonchev–Trinajstić information content (AvgIpc) is 3.21. The fourth-order valence-corrected chi connectivity index (χ4v) is 2.39. The van der Waals surface area contributed by atoms with Gasteiger partial charge in [0.15, 0.2) is 0 Å². The van der Waals surface area contributed by atoms with Crippen LogP contribution in [0.1, 0.15) is 12.8 Å². The molecule has 1 fully saturated rings. The van der Waals surface area contributed by atoms with E-state index < -0.39 is 0 Å². The quantitative estimate of drug-likeness (QED) is 0.749. The fraction of sp³-hybridized carbons (Fsp3) is 0.188. The van der Waals surface area contributed by atoms with Crippen LogP contribution in [0.5, 0.6) is 0 Å². The molecule has 0 bridgehead atoms. The van der Waals surface area contributed by atoms with Crippen molar-refractivity contribution < 1.29 is 9.21 Å². The Kier molecular flexibility index (Phi) is 2.15. The first-order valence-corrected chi connectivity index (χ1v) is 6.53. The summed E-state index contributed by atoms with van der Waals surface area (Å²) < 4.78 is 5.76. The van der Waals surface area contributed by atoms with E-state index in [4.69, 9.17) is 4.42 Å². The van der Waals surface area contributed by atoms with Crippen LogP contribution in [0.2, 0.25) is 0 Å². The van der Waals surface area contributed by atoms with Crippen LogP contribution in [0.15, 0.2) is 46.9 Å². The molecule has 1 aliphatic rings. The summed E-state index contributed by atoms with van der Waals surface area (Å²) in [7, 11) is 0. The first-order valence-electron chi connectivity index (χ1n) is 6.53. The highest BCUT2D eigenvalue weighted by Crippen LogP contribution is 2.33. The van der Waals surface area contributed by atoms with Crippen LogP contribution in [0.3, 0.4) is 0 Å². The number of para-hydroxylation sites is 1. The number of carbonyl (C=O) groups is 1. The van der Waals surface area contributed by atoms with Crippen molar-refractivity contribution in [2.45, 2.75) is 12.8 Å². The summed E-state index contributed by atoms with van der Waals surface area (Å²) in [6.07, 6.45) is 2.03. The van der Waals surface area contributed by atoms with Gasteiger partial charge >= 0.3 is 0 Å². The molecule has 94 valence electrons. The van der Waals surface area contributed by atoms with E-state index >= 15 is 0 Å². The van der Waals surface area contributed by atoms with Gasteiger partial charge in [-0.3, -0.25) is 4.79 Å². The minimum Gasteiger partial charge on any atom is -0.456 e. The molecule has 0 saturated heterocycles. The first-order chi connectivity index (χ1) is 9.31. The van der Waals surface area contributed by atoms with Crippen LogP contribution in [0.25, 0.3) is 21.9 Å². The molecule has 1 amide bonds. The lowest BCUT2D eigenvalue weighted by molar-refractivity contribution is -0.117. The van der Waals surface area contributed by atoms with Crippen molar-refractivity contribution in [2.75, 3.05) is 5.32 Å². The second kappa shape index (κ2) is 3.85. The van der Waals surface area contributed by atoms with E-state index in [1.807, 2.05) is 42.5 Å². The molecule has 4 rings (SSSR count). The van der Waals surface area contributed by atoms with Crippen molar-refractivity contribution in [3.63, 3.8) is 0 Å². The highest BCUT2D eigenvalue weighted by atomic mass is 16.3. The number of carbonyl (C=O) groups excluding carboxylic acids is 1. The van der Waals surface area contributed by atoms with Gasteiger partial charge in [0.25, 0.3) is 0 Å². The van der Waals surface area contributed by atoms with Crippen molar-refractivity contribution in [1.82, 2.24) is 0 Å². The van der Waals surface area contributed by atoms with Gasteiger partial charge in [-0.15, -0.1) is 0 Å². The summed E-state index contributed by atoms with van der Waals surface area (Å²) in [5, 5.41) is 5.10. The maximum absolute atomic E-state index is 11.8. The third-order valence-electron chi connectivity index (χ3n) is 3.59. The lowest BCUT2D eigenvalue weighted by Crippen LogP contribution is -2.12. The number of anilines is 1. The third-order valence-corrected chi connectivity index (χ3v) is 3.59. The van der Waals surface area contributed by atoms with Crippen LogP contribution in [0.4, 0.5) is 5.69 Å². The van der Waals surface area contributed by atoms with E-state index in [0.717, 1.165) is 40.5 Å². The summed E-state index contributed by atoms with van der Waals surface area (Å²) in [5.41, 5.74) is 2.57. The molecule has 3 aromatic rings. The van der Waals surface area contributed by atoms with Gasteiger partial charge in [0.05, 0.1) is 0 Å². The molecule has 1 N–H and O–H groups in total. The molecule has 1 aliphatic carbocycles. The molecule has 1 aromatic heterocycles. The van der Waals surface area contributed by atoms with Crippen LogP contribution in [-0.4, -0.2) is 5.91 Å². The molecule has 0 unspecified atom stereocenters. The minimum absolute atomic E-state index is 0.132. The second-order valence-electron chi connectivity index (χ2n) is 5.07. The van der Waals surface area contributed by atoms with Crippen LogP contribution >= 0.6 is 0 Å². The molecule has 0 atom stereocenters. The molecule has 0 radical (unpaired) electrons. The molecular formula is C16H13NO2. The van der Waals surface area contributed by atoms with Crippen molar-refractivity contribution in [2.24, 2.45) is 5.92 Å². The molecule has 1 heterocycles. The van der Waals surface area contributed by atoms with Crippen molar-refractivity contribution >= 4 is 33.5 Å². The molecule has 3 heteroatoms. The Morgan fingerprint density at radius 1 is 1.05 bits per heavy atom. The predicted molar refractivity (Wildman–Crippen MR) is 75.1 cm³/mol. The number of rotatable bonds is 2. The van der Waals surface area contributed by atoms with Crippen LogP contribution < -0.4 is 5.32 Å². The number of hydrogen-bond donors (Lipinski definition) is 1. The van der Waals surface area contributed by atoms with E-state index in [9.17, 15) is 4.79 Å². The maximum atomic E-state index is 11.8. The minimum atomic E-state index is 0.132. The average molecular weight is 251 g/mol. The molecule has 1 saturated carbocycles. The lowest BCUT2D eigenvalue weighted by atomic mass is 10.1. The summed E-state index contributed by atoms with van der Waals surface area (Å²) >= 11 is 0. The SMILES string of the molecule is O=C(Nc1ccc2oc3ccccc3c2c1)C1CC1. The van der Waals surface area contributed by atoms with Crippen LogP contribution in [-0.2, 0) is 4.79 Å². The Morgan fingerprint density at radius 2 is 1.84 bits per heavy atom. The summed E-state index contributed by atoms with van der Waals surface area (Å²) in [6, 6.07) is 13.7. The number of fused-ring (bicyclic) bond motifs is 3. The van der Waals surface area contributed by atoms with Crippen LogP contribution in [0, 0.1) is 5.92 Å². The van der Waals surface area contributed by atoms with Gasteiger partial charge in [0.1, 0.15) is 11.2 Å². The van der Waals surface area contributed by atoms with Gasteiger partial charge < -0.3 is 9.73 Å². The molecule has 0 aliphatic heterocycles. The molecule has 0 spiro atoms. The Hall–Kier alpha value is -2.29. The van der Waals surface area contributed by atoms with Gasteiger partial charge in [-0.1, -0.05) is 18.2 Å². The van der Waals surface area contributed by atoms with Gasteiger partial charge in [-0.2, -0.15) is 0 Å². The zero-order valence-electron chi connectivity index (χ0n) is 10.3. The highest BCUT2D eigenvalue weighted by molar-refractivity contribution is 6.07. The van der Waals surface area contributed by atoms with E-state index in [1.54, 1.807) is 0 Å². The maximum Gasteiger partial charge on any atom is 0.227 e. The number of furan rings is 1. The number of amides is 1.